The fraction of sp³-hybridized carbons (Fsp3) is 0. The van der Waals surface area contributed by atoms with Gasteiger partial charge in [-0.1, -0.05) is 6.07 Å². The van der Waals surface area contributed by atoms with E-state index >= 15 is 0 Å². The molecule has 0 atom stereocenters. The molecule has 0 saturated heterocycles. The lowest BCUT2D eigenvalue weighted by molar-refractivity contribution is 0.565. The average Bonchev–Trinajstić information content (AvgIpc) is 2.19. The van der Waals surface area contributed by atoms with Crippen molar-refractivity contribution in [3.05, 3.63) is 36.3 Å². The van der Waals surface area contributed by atoms with E-state index < -0.39 is 0 Å². The topological polar surface area (TPSA) is 42.3 Å². The second kappa shape index (κ2) is 3.36. The predicted molar refractivity (Wildman–Crippen MR) is 49.5 cm³/mol. The number of fused-ring (bicyclic) bond motifs is 1. The minimum absolute atomic E-state index is 0.385. The Bertz CT molecular complexity index is 533. The number of pyridine rings is 1. The number of halogens is 1. The van der Waals surface area contributed by atoms with Gasteiger partial charge in [0.2, 0.25) is 6.08 Å². The van der Waals surface area contributed by atoms with Crippen LogP contribution in [0.25, 0.3) is 10.9 Å². The maximum absolute atomic E-state index is 12.7. The second-order valence-corrected chi connectivity index (χ2v) is 2.73. The normalized spacial score (nSPS) is 9.79. The highest BCUT2D eigenvalue weighted by atomic mass is 19.1. The molecule has 0 radical (unpaired) electrons. The zero-order valence-corrected chi connectivity index (χ0v) is 7.07. The largest absolute Gasteiger partial charge is 0.253 e. The van der Waals surface area contributed by atoms with Crippen molar-refractivity contribution >= 4 is 22.7 Å². The lowest BCUT2D eigenvalue weighted by atomic mass is 10.2. The SMILES string of the molecule is O=C=Nc1ccc2cc(F)cnc2c1. The highest BCUT2D eigenvalue weighted by Gasteiger charge is 1.98. The van der Waals surface area contributed by atoms with E-state index in [1.807, 2.05) is 0 Å². The molecular formula is C10H5FN2O. The van der Waals surface area contributed by atoms with Crippen LogP contribution in [0.15, 0.2) is 35.5 Å². The first-order valence-electron chi connectivity index (χ1n) is 3.93. The van der Waals surface area contributed by atoms with Crippen LogP contribution in [0.5, 0.6) is 0 Å². The quantitative estimate of drug-likeness (QED) is 0.509. The van der Waals surface area contributed by atoms with Gasteiger partial charge in [-0.3, -0.25) is 4.98 Å². The van der Waals surface area contributed by atoms with Gasteiger partial charge >= 0.3 is 0 Å². The van der Waals surface area contributed by atoms with E-state index in [4.69, 9.17) is 0 Å². The predicted octanol–water partition coefficient (Wildman–Crippen LogP) is 2.34. The summed E-state index contributed by atoms with van der Waals surface area (Å²) in [6.07, 6.45) is 2.55. The minimum atomic E-state index is -0.385. The fourth-order valence-corrected chi connectivity index (χ4v) is 1.21. The standard InChI is InChI=1S/C10H5FN2O/c11-8-3-7-1-2-9(13-6-14)4-10(7)12-5-8/h1-5H. The van der Waals surface area contributed by atoms with Crippen LogP contribution in [-0.2, 0) is 4.79 Å². The van der Waals surface area contributed by atoms with E-state index in [1.165, 1.54) is 12.1 Å². The first-order chi connectivity index (χ1) is 6.79. The summed E-state index contributed by atoms with van der Waals surface area (Å²) in [6.45, 7) is 0. The molecule has 4 heteroatoms. The van der Waals surface area contributed by atoms with E-state index in [0.717, 1.165) is 6.20 Å². The molecule has 0 unspecified atom stereocenters. The molecule has 2 aromatic rings. The molecule has 0 N–H and O–H groups in total. The van der Waals surface area contributed by atoms with Crippen molar-refractivity contribution < 1.29 is 9.18 Å². The van der Waals surface area contributed by atoms with Gasteiger partial charge in [0.1, 0.15) is 5.82 Å². The first kappa shape index (κ1) is 8.53. The van der Waals surface area contributed by atoms with Crippen molar-refractivity contribution in [3.8, 4) is 0 Å². The highest BCUT2D eigenvalue weighted by Crippen LogP contribution is 2.19. The third-order valence-electron chi connectivity index (χ3n) is 1.81. The molecule has 2 rings (SSSR count). The number of isocyanates is 1. The third kappa shape index (κ3) is 1.51. The summed E-state index contributed by atoms with van der Waals surface area (Å²) in [5.41, 5.74) is 1.06. The highest BCUT2D eigenvalue weighted by molar-refractivity contribution is 5.81. The van der Waals surface area contributed by atoms with Crippen LogP contribution in [0.2, 0.25) is 0 Å². The van der Waals surface area contributed by atoms with Crippen LogP contribution in [0, 0.1) is 5.82 Å². The van der Waals surface area contributed by atoms with Crippen molar-refractivity contribution in [1.29, 1.82) is 0 Å². The van der Waals surface area contributed by atoms with E-state index in [-0.39, 0.29) is 5.82 Å². The molecule has 0 saturated carbocycles. The van der Waals surface area contributed by atoms with Crippen molar-refractivity contribution in [2.24, 2.45) is 4.99 Å². The summed E-state index contributed by atoms with van der Waals surface area (Å²) < 4.78 is 12.7. The van der Waals surface area contributed by atoms with Crippen molar-refractivity contribution in [2.75, 3.05) is 0 Å². The zero-order chi connectivity index (χ0) is 9.97. The van der Waals surface area contributed by atoms with E-state index in [2.05, 4.69) is 9.98 Å². The summed E-state index contributed by atoms with van der Waals surface area (Å²) in [5, 5.41) is 0.676. The molecule has 1 heterocycles. The molecular weight excluding hydrogens is 183 g/mol. The van der Waals surface area contributed by atoms with Gasteiger partial charge in [0.05, 0.1) is 17.4 Å². The Morgan fingerprint density at radius 1 is 1.36 bits per heavy atom. The van der Waals surface area contributed by atoms with Crippen LogP contribution in [0.4, 0.5) is 10.1 Å². The molecule has 1 aromatic heterocycles. The number of hydrogen-bond donors (Lipinski definition) is 0. The molecule has 0 amide bonds. The van der Waals surface area contributed by atoms with Gasteiger partial charge in [-0.2, -0.15) is 4.99 Å². The zero-order valence-electron chi connectivity index (χ0n) is 7.07. The van der Waals surface area contributed by atoms with Gasteiger partial charge in [0.25, 0.3) is 0 Å². The average molecular weight is 188 g/mol. The summed E-state index contributed by atoms with van der Waals surface area (Å²) in [4.78, 5) is 17.3. The molecule has 0 fully saturated rings. The number of hydrogen-bond acceptors (Lipinski definition) is 3. The lowest BCUT2D eigenvalue weighted by Gasteiger charge is -1.97. The van der Waals surface area contributed by atoms with Crippen molar-refractivity contribution in [3.63, 3.8) is 0 Å². The maximum Gasteiger partial charge on any atom is 0.240 e. The Balaban J connectivity index is 2.67. The fourth-order valence-electron chi connectivity index (χ4n) is 1.21. The smallest absolute Gasteiger partial charge is 0.240 e. The van der Waals surface area contributed by atoms with Gasteiger partial charge in [-0.25, -0.2) is 9.18 Å². The van der Waals surface area contributed by atoms with Gasteiger partial charge in [-0.15, -0.1) is 0 Å². The number of carbonyl (C=O) groups excluding carboxylic acids is 1. The molecule has 0 aliphatic rings. The molecule has 1 aromatic carbocycles. The van der Waals surface area contributed by atoms with Crippen LogP contribution in [0.3, 0.4) is 0 Å². The molecule has 14 heavy (non-hydrogen) atoms. The Morgan fingerprint density at radius 3 is 3.00 bits per heavy atom. The van der Waals surface area contributed by atoms with Gasteiger partial charge in [0.15, 0.2) is 0 Å². The third-order valence-corrected chi connectivity index (χ3v) is 1.81. The maximum atomic E-state index is 12.7. The van der Waals surface area contributed by atoms with E-state index in [9.17, 15) is 9.18 Å². The van der Waals surface area contributed by atoms with Crippen LogP contribution >= 0.6 is 0 Å². The summed E-state index contributed by atoms with van der Waals surface area (Å²) in [7, 11) is 0. The van der Waals surface area contributed by atoms with Crippen LogP contribution in [-0.4, -0.2) is 11.1 Å². The van der Waals surface area contributed by atoms with Crippen LogP contribution < -0.4 is 0 Å². The Hall–Kier alpha value is -2.06. The number of aliphatic imine (C=N–C) groups is 1. The molecule has 0 aliphatic carbocycles. The monoisotopic (exact) mass is 188 g/mol. The second-order valence-electron chi connectivity index (χ2n) is 2.73. The van der Waals surface area contributed by atoms with Crippen molar-refractivity contribution in [2.45, 2.75) is 0 Å². The molecule has 0 spiro atoms. The van der Waals surface area contributed by atoms with E-state index in [1.54, 1.807) is 18.2 Å². The Labute approximate surface area is 78.9 Å². The molecule has 0 bridgehead atoms. The molecule has 3 nitrogen and oxygen atoms in total. The molecule has 0 aliphatic heterocycles. The van der Waals surface area contributed by atoms with Gasteiger partial charge in [-0.05, 0) is 18.2 Å². The number of nitrogens with zero attached hydrogens (tertiary/aromatic N) is 2. The number of benzene rings is 1. The summed E-state index contributed by atoms with van der Waals surface area (Å²) >= 11 is 0. The number of aromatic nitrogens is 1. The van der Waals surface area contributed by atoms with Gasteiger partial charge < -0.3 is 0 Å². The summed E-state index contributed by atoms with van der Waals surface area (Å²) in [6, 6.07) is 6.23. The number of rotatable bonds is 1. The van der Waals surface area contributed by atoms with Crippen LogP contribution in [0.1, 0.15) is 0 Å². The first-order valence-corrected chi connectivity index (χ1v) is 3.93. The lowest BCUT2D eigenvalue weighted by Crippen LogP contribution is -1.80. The minimum Gasteiger partial charge on any atom is -0.253 e. The Morgan fingerprint density at radius 2 is 2.21 bits per heavy atom. The van der Waals surface area contributed by atoms with Gasteiger partial charge in [0, 0.05) is 5.39 Å². The Kier molecular flexibility index (Phi) is 2.05. The van der Waals surface area contributed by atoms with E-state index in [0.29, 0.717) is 16.6 Å². The summed E-state index contributed by atoms with van der Waals surface area (Å²) in [5.74, 6) is -0.385. The van der Waals surface area contributed by atoms with Crippen molar-refractivity contribution in [1.82, 2.24) is 4.98 Å². The molecule has 68 valence electrons.